The fourth-order valence-corrected chi connectivity index (χ4v) is 3.89. The van der Waals surface area contributed by atoms with Gasteiger partial charge in [0.1, 0.15) is 0 Å². The number of nitrogens with two attached hydrogens (primary N) is 1. The molecule has 1 aliphatic carbocycles. The third kappa shape index (κ3) is 4.48. The highest BCUT2D eigenvalue weighted by molar-refractivity contribution is 7.80. The second-order valence-corrected chi connectivity index (χ2v) is 7.29. The van der Waals surface area contributed by atoms with Crippen molar-refractivity contribution in [2.45, 2.75) is 38.1 Å². The Morgan fingerprint density at radius 2 is 1.81 bits per heavy atom. The number of piperazine rings is 1. The van der Waals surface area contributed by atoms with Crippen LogP contribution in [0.4, 0.5) is 14.5 Å². The minimum atomic E-state index is -0.911. The summed E-state index contributed by atoms with van der Waals surface area (Å²) in [6.45, 7) is 3.21. The van der Waals surface area contributed by atoms with Crippen LogP contribution >= 0.6 is 12.2 Å². The van der Waals surface area contributed by atoms with Crippen LogP contribution in [0, 0.1) is 11.6 Å². The summed E-state index contributed by atoms with van der Waals surface area (Å²) in [6, 6.07) is 3.79. The molecule has 2 fully saturated rings. The van der Waals surface area contributed by atoms with Gasteiger partial charge in [0.15, 0.2) is 16.7 Å². The van der Waals surface area contributed by atoms with E-state index >= 15 is 0 Å². The van der Waals surface area contributed by atoms with Crippen molar-refractivity contribution in [2.24, 2.45) is 10.8 Å². The third-order valence-electron chi connectivity index (χ3n) is 5.22. The fourth-order valence-electron chi connectivity index (χ4n) is 3.84. The first-order valence-electron chi connectivity index (χ1n) is 9.12. The maximum atomic E-state index is 14.5. The monoisotopic (exact) mass is 381 g/mol. The lowest BCUT2D eigenvalue weighted by molar-refractivity contribution is 0.147. The van der Waals surface area contributed by atoms with E-state index in [1.807, 2.05) is 4.90 Å². The van der Waals surface area contributed by atoms with Crippen molar-refractivity contribution in [3.63, 3.8) is 0 Å². The van der Waals surface area contributed by atoms with Gasteiger partial charge in [0, 0.05) is 37.8 Å². The minimum absolute atomic E-state index is 0.0328. The van der Waals surface area contributed by atoms with Gasteiger partial charge in [0.2, 0.25) is 0 Å². The van der Waals surface area contributed by atoms with Crippen LogP contribution in [0.5, 0.6) is 0 Å². The van der Waals surface area contributed by atoms with Gasteiger partial charge in [-0.15, -0.1) is 0 Å². The standard InChI is InChI=1S/C18H25F2N5S/c19-16-13(12-22-23-18(21)26)6-7-15(17(16)20)25-10-8-24(9-11-25)14-4-2-1-3-5-14/h6-7,12,14H,1-5,8-11H2,(H3,21,23,26)/b22-12+. The molecule has 26 heavy (non-hydrogen) atoms. The van der Waals surface area contributed by atoms with Gasteiger partial charge in [0.05, 0.1) is 11.9 Å². The van der Waals surface area contributed by atoms with Crippen LogP contribution in [0.25, 0.3) is 0 Å². The average Bonchev–Trinajstić information content (AvgIpc) is 2.66. The van der Waals surface area contributed by atoms with Crippen molar-refractivity contribution in [3.05, 3.63) is 29.3 Å². The Labute approximate surface area is 158 Å². The molecule has 0 bridgehead atoms. The molecule has 0 radical (unpaired) electrons. The molecule has 1 aromatic carbocycles. The fraction of sp³-hybridized carbons (Fsp3) is 0.556. The molecule has 3 N–H and O–H groups in total. The molecule has 1 aliphatic heterocycles. The van der Waals surface area contributed by atoms with Gasteiger partial charge in [0.25, 0.3) is 0 Å². The summed E-state index contributed by atoms with van der Waals surface area (Å²) in [5, 5.41) is 3.65. The van der Waals surface area contributed by atoms with Crippen molar-refractivity contribution in [2.75, 3.05) is 31.1 Å². The zero-order valence-electron chi connectivity index (χ0n) is 14.8. The largest absolute Gasteiger partial charge is 0.375 e. The summed E-state index contributed by atoms with van der Waals surface area (Å²) in [4.78, 5) is 4.43. The van der Waals surface area contributed by atoms with Gasteiger partial charge >= 0.3 is 0 Å². The van der Waals surface area contributed by atoms with E-state index in [1.165, 1.54) is 44.4 Å². The van der Waals surface area contributed by atoms with Crippen molar-refractivity contribution in [1.29, 1.82) is 0 Å². The Balaban J connectivity index is 1.64. The summed E-state index contributed by atoms with van der Waals surface area (Å²) >= 11 is 4.61. The molecule has 0 spiro atoms. The lowest BCUT2D eigenvalue weighted by Gasteiger charge is -2.41. The van der Waals surface area contributed by atoms with E-state index in [2.05, 4.69) is 27.6 Å². The molecule has 0 aromatic heterocycles. The van der Waals surface area contributed by atoms with E-state index < -0.39 is 11.6 Å². The highest BCUT2D eigenvalue weighted by Gasteiger charge is 2.27. The van der Waals surface area contributed by atoms with Crippen LogP contribution < -0.4 is 16.1 Å². The zero-order chi connectivity index (χ0) is 18.5. The van der Waals surface area contributed by atoms with E-state index in [0.29, 0.717) is 24.8 Å². The molecule has 1 saturated carbocycles. The first kappa shape index (κ1) is 19.0. The van der Waals surface area contributed by atoms with Crippen LogP contribution in [0.15, 0.2) is 17.2 Å². The molecule has 2 aliphatic rings. The second-order valence-electron chi connectivity index (χ2n) is 6.85. The SMILES string of the molecule is NC(=S)N/N=C/c1ccc(N2CCN(C3CCCCC3)CC2)c(F)c1F. The van der Waals surface area contributed by atoms with Crippen LogP contribution in [0.3, 0.4) is 0 Å². The Kier molecular flexibility index (Phi) is 6.37. The normalized spacial score (nSPS) is 19.8. The number of rotatable bonds is 4. The Bertz CT molecular complexity index is 668. The highest BCUT2D eigenvalue weighted by Crippen LogP contribution is 2.27. The maximum absolute atomic E-state index is 14.5. The molecule has 142 valence electrons. The van der Waals surface area contributed by atoms with Crippen molar-refractivity contribution in [1.82, 2.24) is 10.3 Å². The predicted octanol–water partition coefficient (Wildman–Crippen LogP) is 2.59. The van der Waals surface area contributed by atoms with E-state index in [0.717, 1.165) is 13.1 Å². The van der Waals surface area contributed by atoms with Gasteiger partial charge in [-0.3, -0.25) is 10.3 Å². The van der Waals surface area contributed by atoms with Crippen molar-refractivity contribution < 1.29 is 8.78 Å². The van der Waals surface area contributed by atoms with Crippen LogP contribution in [-0.4, -0.2) is 48.4 Å². The van der Waals surface area contributed by atoms with E-state index in [-0.39, 0.29) is 10.7 Å². The number of benzene rings is 1. The van der Waals surface area contributed by atoms with Gasteiger partial charge in [-0.1, -0.05) is 19.3 Å². The van der Waals surface area contributed by atoms with Gasteiger partial charge in [-0.2, -0.15) is 5.10 Å². The number of thiocarbonyl (C=S) groups is 1. The van der Waals surface area contributed by atoms with Gasteiger partial charge in [-0.05, 0) is 37.2 Å². The van der Waals surface area contributed by atoms with Crippen LogP contribution in [-0.2, 0) is 0 Å². The minimum Gasteiger partial charge on any atom is -0.375 e. The Morgan fingerprint density at radius 1 is 1.12 bits per heavy atom. The molecule has 3 rings (SSSR count). The number of hydrogen-bond acceptors (Lipinski definition) is 4. The topological polar surface area (TPSA) is 56.9 Å². The van der Waals surface area contributed by atoms with Crippen molar-refractivity contribution >= 4 is 29.2 Å². The molecule has 1 saturated heterocycles. The molecule has 5 nitrogen and oxygen atoms in total. The number of anilines is 1. The smallest absolute Gasteiger partial charge is 0.184 e. The molecular weight excluding hydrogens is 356 g/mol. The Morgan fingerprint density at radius 3 is 2.46 bits per heavy atom. The lowest BCUT2D eigenvalue weighted by atomic mass is 9.94. The van der Waals surface area contributed by atoms with Crippen LogP contribution in [0.1, 0.15) is 37.7 Å². The number of hydrazone groups is 1. The van der Waals surface area contributed by atoms with Crippen LogP contribution in [0.2, 0.25) is 0 Å². The summed E-state index contributed by atoms with van der Waals surface area (Å²) in [7, 11) is 0. The molecule has 1 heterocycles. The first-order chi connectivity index (χ1) is 12.6. The third-order valence-corrected chi connectivity index (χ3v) is 5.31. The maximum Gasteiger partial charge on any atom is 0.184 e. The average molecular weight is 381 g/mol. The van der Waals surface area contributed by atoms with Crippen molar-refractivity contribution in [3.8, 4) is 0 Å². The molecule has 8 heteroatoms. The predicted molar refractivity (Wildman–Crippen MR) is 105 cm³/mol. The summed E-state index contributed by atoms with van der Waals surface area (Å²) < 4.78 is 28.8. The zero-order valence-corrected chi connectivity index (χ0v) is 15.6. The molecule has 0 amide bonds. The number of hydrogen-bond donors (Lipinski definition) is 2. The van der Waals surface area contributed by atoms with Gasteiger partial charge < -0.3 is 10.6 Å². The molecule has 0 unspecified atom stereocenters. The molecule has 1 aromatic rings. The summed E-state index contributed by atoms with van der Waals surface area (Å²) in [5.41, 5.74) is 7.93. The molecule has 0 atom stereocenters. The first-order valence-corrected chi connectivity index (χ1v) is 9.52. The lowest BCUT2D eigenvalue weighted by Crippen LogP contribution is -2.51. The van der Waals surface area contributed by atoms with Gasteiger partial charge in [-0.25, -0.2) is 8.78 Å². The van der Waals surface area contributed by atoms with E-state index in [9.17, 15) is 8.78 Å². The quantitative estimate of drug-likeness (QED) is 0.477. The van der Waals surface area contributed by atoms with E-state index in [1.54, 1.807) is 6.07 Å². The second kappa shape index (κ2) is 8.73. The Hall–Kier alpha value is -1.80. The van der Waals surface area contributed by atoms with E-state index in [4.69, 9.17) is 5.73 Å². The molecular formula is C18H25F2N5S. The number of nitrogens with zero attached hydrogens (tertiary/aromatic N) is 3. The summed E-state index contributed by atoms with van der Waals surface area (Å²) in [5.74, 6) is -1.75. The summed E-state index contributed by atoms with van der Waals surface area (Å²) in [6.07, 6.45) is 7.63. The number of halogens is 2. The number of nitrogens with one attached hydrogen (secondary N) is 1. The highest BCUT2D eigenvalue weighted by atomic mass is 32.1.